The average molecular weight is 275 g/mol. The molecule has 1 rings (SSSR count). The molecule has 0 aliphatic carbocycles. The molecule has 0 spiro atoms. The lowest BCUT2D eigenvalue weighted by Gasteiger charge is -2.15. The number of hydrogen-bond acceptors (Lipinski definition) is 3. The van der Waals surface area contributed by atoms with Crippen molar-refractivity contribution < 1.29 is 13.5 Å². The zero-order valence-electron chi connectivity index (χ0n) is 10.7. The Hall–Kier alpha value is -0.810. The standard InChI is InChI=1S/C13H19F2NOS/c1-3-18-9-10(2)16-8-11-6-4-5-7-12(11)17-13(14)15/h4-7,10,13,16H,3,8-9H2,1-2H3. The van der Waals surface area contributed by atoms with Gasteiger partial charge in [-0.05, 0) is 18.7 Å². The predicted molar refractivity (Wildman–Crippen MR) is 72.4 cm³/mol. The van der Waals surface area contributed by atoms with Crippen LogP contribution in [0.4, 0.5) is 8.78 Å². The number of benzene rings is 1. The Labute approximate surface area is 111 Å². The fraction of sp³-hybridized carbons (Fsp3) is 0.538. The number of nitrogens with one attached hydrogen (secondary N) is 1. The maximum Gasteiger partial charge on any atom is 0.387 e. The summed E-state index contributed by atoms with van der Waals surface area (Å²) in [5.74, 6) is 2.33. The Morgan fingerprint density at radius 3 is 2.72 bits per heavy atom. The van der Waals surface area contributed by atoms with E-state index in [-0.39, 0.29) is 5.75 Å². The van der Waals surface area contributed by atoms with Gasteiger partial charge in [-0.1, -0.05) is 25.1 Å². The second kappa shape index (κ2) is 8.32. The van der Waals surface area contributed by atoms with Crippen molar-refractivity contribution in [3.8, 4) is 5.75 Å². The Morgan fingerprint density at radius 1 is 1.33 bits per heavy atom. The summed E-state index contributed by atoms with van der Waals surface area (Å²) in [6.07, 6.45) is 0. The van der Waals surface area contributed by atoms with Crippen LogP contribution in [-0.4, -0.2) is 24.2 Å². The van der Waals surface area contributed by atoms with Crippen LogP contribution < -0.4 is 10.1 Å². The monoisotopic (exact) mass is 275 g/mol. The minimum Gasteiger partial charge on any atom is -0.434 e. The fourth-order valence-corrected chi connectivity index (χ4v) is 2.21. The van der Waals surface area contributed by atoms with Crippen LogP contribution in [0.3, 0.4) is 0 Å². The summed E-state index contributed by atoms with van der Waals surface area (Å²) in [6.45, 7) is 1.95. The minimum atomic E-state index is -2.78. The van der Waals surface area contributed by atoms with Crippen LogP contribution in [0.1, 0.15) is 19.4 Å². The average Bonchev–Trinajstić information content (AvgIpc) is 2.34. The van der Waals surface area contributed by atoms with Crippen molar-refractivity contribution in [2.45, 2.75) is 33.0 Å². The second-order valence-corrected chi connectivity index (χ2v) is 5.25. The molecule has 0 saturated heterocycles. The zero-order chi connectivity index (χ0) is 13.4. The van der Waals surface area contributed by atoms with Crippen LogP contribution in [0.5, 0.6) is 5.75 Å². The quantitative estimate of drug-likeness (QED) is 0.784. The first-order chi connectivity index (χ1) is 8.63. The molecule has 0 aliphatic heterocycles. The number of alkyl halides is 2. The normalized spacial score (nSPS) is 12.7. The first-order valence-corrected chi connectivity index (χ1v) is 7.12. The molecular weight excluding hydrogens is 256 g/mol. The van der Waals surface area contributed by atoms with Gasteiger partial charge in [-0.3, -0.25) is 0 Å². The SMILES string of the molecule is CCSCC(C)NCc1ccccc1OC(F)F. The summed E-state index contributed by atoms with van der Waals surface area (Å²) in [6, 6.07) is 7.21. The lowest BCUT2D eigenvalue weighted by atomic mass is 10.2. The van der Waals surface area contributed by atoms with Crippen LogP contribution in [0.15, 0.2) is 24.3 Å². The summed E-state index contributed by atoms with van der Waals surface area (Å²) in [5, 5.41) is 3.30. The maximum absolute atomic E-state index is 12.2. The molecule has 1 aromatic carbocycles. The van der Waals surface area contributed by atoms with E-state index < -0.39 is 6.61 Å². The summed E-state index contributed by atoms with van der Waals surface area (Å²) >= 11 is 1.85. The van der Waals surface area contributed by atoms with E-state index in [1.807, 2.05) is 17.8 Å². The summed E-state index contributed by atoms with van der Waals surface area (Å²) in [5.41, 5.74) is 0.756. The van der Waals surface area contributed by atoms with Crippen molar-refractivity contribution in [3.05, 3.63) is 29.8 Å². The molecule has 0 aromatic heterocycles. The number of thioether (sulfide) groups is 1. The van der Waals surface area contributed by atoms with E-state index in [0.29, 0.717) is 12.6 Å². The number of rotatable bonds is 8. The lowest BCUT2D eigenvalue weighted by Crippen LogP contribution is -2.28. The molecule has 0 saturated carbocycles. The first-order valence-electron chi connectivity index (χ1n) is 5.97. The Bertz CT molecular complexity index is 350. The number of hydrogen-bond donors (Lipinski definition) is 1. The third kappa shape index (κ3) is 5.69. The molecule has 1 aromatic rings. The van der Waals surface area contributed by atoms with E-state index in [0.717, 1.165) is 17.1 Å². The Balaban J connectivity index is 2.50. The largest absolute Gasteiger partial charge is 0.434 e. The van der Waals surface area contributed by atoms with Gasteiger partial charge in [0.15, 0.2) is 0 Å². The van der Waals surface area contributed by atoms with E-state index >= 15 is 0 Å². The van der Waals surface area contributed by atoms with Gasteiger partial charge in [-0.15, -0.1) is 0 Å². The molecule has 0 heterocycles. The van der Waals surface area contributed by atoms with Crippen molar-refractivity contribution in [2.24, 2.45) is 0 Å². The molecule has 2 nitrogen and oxygen atoms in total. The van der Waals surface area contributed by atoms with Crippen LogP contribution in [0.25, 0.3) is 0 Å². The Kier molecular flexibility index (Phi) is 7.05. The van der Waals surface area contributed by atoms with Gasteiger partial charge in [0, 0.05) is 23.9 Å². The smallest absolute Gasteiger partial charge is 0.387 e. The zero-order valence-corrected chi connectivity index (χ0v) is 11.5. The summed E-state index contributed by atoms with van der Waals surface area (Å²) < 4.78 is 28.9. The van der Waals surface area contributed by atoms with Crippen LogP contribution >= 0.6 is 11.8 Å². The van der Waals surface area contributed by atoms with Crippen molar-refractivity contribution in [1.82, 2.24) is 5.32 Å². The van der Waals surface area contributed by atoms with Gasteiger partial charge >= 0.3 is 6.61 Å². The highest BCUT2D eigenvalue weighted by molar-refractivity contribution is 7.99. The highest BCUT2D eigenvalue weighted by atomic mass is 32.2. The van der Waals surface area contributed by atoms with Crippen LogP contribution in [-0.2, 0) is 6.54 Å². The number of para-hydroxylation sites is 1. The van der Waals surface area contributed by atoms with Gasteiger partial charge in [-0.25, -0.2) is 0 Å². The molecular formula is C13H19F2NOS. The molecule has 1 atom stereocenters. The number of halogens is 2. The molecule has 0 bridgehead atoms. The molecule has 0 fully saturated rings. The number of ether oxygens (including phenoxy) is 1. The molecule has 5 heteroatoms. The third-order valence-corrected chi connectivity index (χ3v) is 3.55. The second-order valence-electron chi connectivity index (χ2n) is 3.93. The molecule has 0 aliphatic rings. The van der Waals surface area contributed by atoms with Crippen LogP contribution in [0.2, 0.25) is 0 Å². The minimum absolute atomic E-state index is 0.246. The molecule has 0 radical (unpaired) electrons. The highest BCUT2D eigenvalue weighted by Crippen LogP contribution is 2.20. The van der Waals surface area contributed by atoms with Gasteiger partial charge in [-0.2, -0.15) is 20.5 Å². The van der Waals surface area contributed by atoms with Gasteiger partial charge in [0.1, 0.15) is 5.75 Å². The molecule has 1 N–H and O–H groups in total. The first kappa shape index (κ1) is 15.2. The van der Waals surface area contributed by atoms with Crippen molar-refractivity contribution in [3.63, 3.8) is 0 Å². The summed E-state index contributed by atoms with van der Waals surface area (Å²) in [4.78, 5) is 0. The molecule has 18 heavy (non-hydrogen) atoms. The highest BCUT2D eigenvalue weighted by Gasteiger charge is 2.09. The fourth-order valence-electron chi connectivity index (χ4n) is 1.50. The van der Waals surface area contributed by atoms with Crippen LogP contribution in [0, 0.1) is 0 Å². The van der Waals surface area contributed by atoms with E-state index in [2.05, 4.69) is 23.9 Å². The van der Waals surface area contributed by atoms with E-state index in [4.69, 9.17) is 0 Å². The van der Waals surface area contributed by atoms with Gasteiger partial charge in [0.05, 0.1) is 0 Å². The van der Waals surface area contributed by atoms with Crippen molar-refractivity contribution in [1.29, 1.82) is 0 Å². The van der Waals surface area contributed by atoms with Gasteiger partial charge in [0.2, 0.25) is 0 Å². The molecule has 0 amide bonds. The molecule has 1 unspecified atom stereocenters. The topological polar surface area (TPSA) is 21.3 Å². The molecule has 102 valence electrons. The van der Waals surface area contributed by atoms with Crippen molar-refractivity contribution >= 4 is 11.8 Å². The van der Waals surface area contributed by atoms with Crippen molar-refractivity contribution in [2.75, 3.05) is 11.5 Å². The Morgan fingerprint density at radius 2 is 2.06 bits per heavy atom. The van der Waals surface area contributed by atoms with E-state index in [1.54, 1.807) is 18.2 Å². The predicted octanol–water partition coefficient (Wildman–Crippen LogP) is 3.52. The third-order valence-electron chi connectivity index (χ3n) is 2.40. The van der Waals surface area contributed by atoms with E-state index in [9.17, 15) is 8.78 Å². The van der Waals surface area contributed by atoms with E-state index in [1.165, 1.54) is 0 Å². The van der Waals surface area contributed by atoms with Gasteiger partial charge < -0.3 is 10.1 Å². The summed E-state index contributed by atoms with van der Waals surface area (Å²) in [7, 11) is 0. The lowest BCUT2D eigenvalue weighted by molar-refractivity contribution is -0.0505. The maximum atomic E-state index is 12.2. The van der Waals surface area contributed by atoms with Gasteiger partial charge in [0.25, 0.3) is 0 Å².